The summed E-state index contributed by atoms with van der Waals surface area (Å²) in [5, 5.41) is 0. The molecule has 0 fully saturated rings. The Morgan fingerprint density at radius 3 is 2.57 bits per heavy atom. The van der Waals surface area contributed by atoms with Crippen molar-refractivity contribution in [2.75, 3.05) is 33.4 Å². The SMILES string of the molecule is CC(CN)N(C)C(=O)CCCCCNS(=O)(=O)c1ccc2c(c1)OCCO2.Cl. The summed E-state index contributed by atoms with van der Waals surface area (Å²) >= 11 is 0. The fraction of sp³-hybridized carbons (Fsp3) is 0.611. The number of nitrogens with zero attached hydrogens (tertiary/aromatic N) is 1. The summed E-state index contributed by atoms with van der Waals surface area (Å²) in [5.41, 5.74) is 5.56. The number of nitrogens with one attached hydrogen (secondary N) is 1. The first-order chi connectivity index (χ1) is 12.8. The number of carbonyl (C=O) groups is 1. The first-order valence-electron chi connectivity index (χ1n) is 9.20. The number of carbonyl (C=O) groups excluding carboxylic acids is 1. The van der Waals surface area contributed by atoms with E-state index in [0.717, 1.165) is 6.42 Å². The Morgan fingerprint density at radius 1 is 1.21 bits per heavy atom. The highest BCUT2D eigenvalue weighted by atomic mass is 35.5. The molecule has 1 unspecified atom stereocenters. The van der Waals surface area contributed by atoms with Gasteiger partial charge >= 0.3 is 0 Å². The van der Waals surface area contributed by atoms with Crippen molar-refractivity contribution in [1.29, 1.82) is 0 Å². The number of hydrogen-bond acceptors (Lipinski definition) is 6. The molecular weight excluding hydrogens is 406 g/mol. The Bertz CT molecular complexity index is 745. The van der Waals surface area contributed by atoms with Crippen LogP contribution in [0.3, 0.4) is 0 Å². The lowest BCUT2D eigenvalue weighted by molar-refractivity contribution is -0.131. The lowest BCUT2D eigenvalue weighted by Crippen LogP contribution is -2.39. The standard InChI is InChI=1S/C18H29N3O5S.ClH/c1-14(13-19)21(2)18(22)6-4-3-5-9-20-27(23,24)15-7-8-16-17(12-15)26-11-10-25-16;/h7-8,12,14,20H,3-6,9-11,13,19H2,1-2H3;1H. The van der Waals surface area contributed by atoms with Gasteiger partial charge in [0.1, 0.15) is 13.2 Å². The number of benzene rings is 1. The number of sulfonamides is 1. The van der Waals surface area contributed by atoms with Gasteiger partial charge in [-0.1, -0.05) is 6.42 Å². The van der Waals surface area contributed by atoms with Gasteiger partial charge in [0.05, 0.1) is 4.90 Å². The molecule has 0 bridgehead atoms. The van der Waals surface area contributed by atoms with Gasteiger partial charge in [-0.05, 0) is 31.9 Å². The Balaban J connectivity index is 0.00000392. The van der Waals surface area contributed by atoms with Crippen LogP contribution in [-0.2, 0) is 14.8 Å². The number of rotatable bonds is 10. The van der Waals surface area contributed by atoms with Crippen molar-refractivity contribution in [1.82, 2.24) is 9.62 Å². The molecule has 1 atom stereocenters. The number of fused-ring (bicyclic) bond motifs is 1. The van der Waals surface area contributed by atoms with E-state index in [9.17, 15) is 13.2 Å². The van der Waals surface area contributed by atoms with Gasteiger partial charge in [-0.15, -0.1) is 12.4 Å². The van der Waals surface area contributed by atoms with Crippen molar-refractivity contribution in [3.63, 3.8) is 0 Å². The number of nitrogens with two attached hydrogens (primary N) is 1. The van der Waals surface area contributed by atoms with Crippen LogP contribution in [0, 0.1) is 0 Å². The van der Waals surface area contributed by atoms with E-state index in [1.807, 2.05) is 6.92 Å². The first-order valence-corrected chi connectivity index (χ1v) is 10.7. The molecule has 0 spiro atoms. The van der Waals surface area contributed by atoms with E-state index in [-0.39, 0.29) is 29.3 Å². The molecule has 0 aliphatic carbocycles. The summed E-state index contributed by atoms with van der Waals surface area (Å²) in [6.45, 7) is 3.52. The lowest BCUT2D eigenvalue weighted by atomic mass is 10.1. The highest BCUT2D eigenvalue weighted by Crippen LogP contribution is 2.32. The smallest absolute Gasteiger partial charge is 0.240 e. The van der Waals surface area contributed by atoms with Crippen molar-refractivity contribution in [2.45, 2.75) is 43.5 Å². The van der Waals surface area contributed by atoms with Crippen molar-refractivity contribution < 1.29 is 22.7 Å². The summed E-state index contributed by atoms with van der Waals surface area (Å²) in [4.78, 5) is 13.8. The van der Waals surface area contributed by atoms with Gasteiger partial charge < -0.3 is 20.1 Å². The van der Waals surface area contributed by atoms with Gasteiger partial charge in [0.15, 0.2) is 11.5 Å². The van der Waals surface area contributed by atoms with E-state index in [0.29, 0.717) is 57.1 Å². The minimum atomic E-state index is -3.60. The van der Waals surface area contributed by atoms with Crippen LogP contribution >= 0.6 is 12.4 Å². The summed E-state index contributed by atoms with van der Waals surface area (Å²) in [7, 11) is -1.85. The van der Waals surface area contributed by atoms with Gasteiger partial charge in [-0.25, -0.2) is 13.1 Å². The van der Waals surface area contributed by atoms with Crippen LogP contribution in [-0.4, -0.2) is 58.6 Å². The van der Waals surface area contributed by atoms with E-state index < -0.39 is 10.0 Å². The van der Waals surface area contributed by atoms with Crippen molar-refractivity contribution in [3.05, 3.63) is 18.2 Å². The zero-order valence-corrected chi connectivity index (χ0v) is 18.0. The number of unbranched alkanes of at least 4 members (excludes halogenated alkanes) is 2. The molecule has 1 aromatic rings. The second-order valence-corrected chi connectivity index (χ2v) is 8.37. The number of amides is 1. The average Bonchev–Trinajstić information content (AvgIpc) is 2.68. The summed E-state index contributed by atoms with van der Waals surface area (Å²) < 4.78 is 38.2. The van der Waals surface area contributed by atoms with Crippen LogP contribution in [0.1, 0.15) is 32.6 Å². The molecule has 10 heteroatoms. The topological polar surface area (TPSA) is 111 Å². The Kier molecular flexibility index (Phi) is 10.0. The number of halogens is 1. The average molecular weight is 436 g/mol. The second-order valence-electron chi connectivity index (χ2n) is 6.60. The molecule has 0 aromatic heterocycles. The van der Waals surface area contributed by atoms with Crippen molar-refractivity contribution >= 4 is 28.3 Å². The minimum Gasteiger partial charge on any atom is -0.486 e. The predicted molar refractivity (Wildman–Crippen MR) is 110 cm³/mol. The fourth-order valence-corrected chi connectivity index (χ4v) is 3.73. The monoisotopic (exact) mass is 435 g/mol. The van der Waals surface area contributed by atoms with E-state index in [4.69, 9.17) is 15.2 Å². The Morgan fingerprint density at radius 2 is 1.89 bits per heavy atom. The summed E-state index contributed by atoms with van der Waals surface area (Å²) in [5.74, 6) is 1.06. The van der Waals surface area contributed by atoms with Crippen LogP contribution < -0.4 is 19.9 Å². The molecule has 1 aliphatic heterocycles. The van der Waals surface area contributed by atoms with Crippen LogP contribution in [0.5, 0.6) is 11.5 Å². The molecule has 0 radical (unpaired) electrons. The van der Waals surface area contributed by atoms with E-state index in [1.54, 1.807) is 18.0 Å². The minimum absolute atomic E-state index is 0. The van der Waals surface area contributed by atoms with E-state index >= 15 is 0 Å². The zero-order valence-electron chi connectivity index (χ0n) is 16.3. The number of ether oxygens (including phenoxy) is 2. The largest absolute Gasteiger partial charge is 0.486 e. The first kappa shape index (κ1) is 24.5. The second kappa shape index (κ2) is 11.5. The Labute approximate surface area is 173 Å². The maximum Gasteiger partial charge on any atom is 0.240 e. The summed E-state index contributed by atoms with van der Waals surface area (Å²) in [6.07, 6.45) is 2.58. The third-order valence-electron chi connectivity index (χ3n) is 4.58. The third-order valence-corrected chi connectivity index (χ3v) is 6.04. The van der Waals surface area contributed by atoms with Gasteiger partial charge in [-0.2, -0.15) is 0 Å². The predicted octanol–water partition coefficient (Wildman–Crippen LogP) is 1.52. The molecule has 2 rings (SSSR count). The van der Waals surface area contributed by atoms with Crippen molar-refractivity contribution in [3.8, 4) is 11.5 Å². The van der Waals surface area contributed by atoms with E-state index in [1.165, 1.54) is 12.1 Å². The molecule has 1 amide bonds. The fourth-order valence-electron chi connectivity index (χ4n) is 2.64. The van der Waals surface area contributed by atoms with Gasteiger partial charge in [0.25, 0.3) is 0 Å². The highest BCUT2D eigenvalue weighted by Gasteiger charge is 2.19. The quantitative estimate of drug-likeness (QED) is 0.539. The summed E-state index contributed by atoms with van der Waals surface area (Å²) in [6, 6.07) is 4.61. The normalized spacial score (nSPS) is 14.1. The molecule has 0 saturated carbocycles. The molecule has 1 aliphatic rings. The third kappa shape index (κ3) is 6.80. The maximum absolute atomic E-state index is 12.4. The molecule has 1 heterocycles. The molecule has 8 nitrogen and oxygen atoms in total. The van der Waals surface area contributed by atoms with Crippen LogP contribution in [0.4, 0.5) is 0 Å². The Hall–Kier alpha value is -1.55. The van der Waals surface area contributed by atoms with Crippen LogP contribution in [0.15, 0.2) is 23.1 Å². The number of likely N-dealkylation sites (N-methyl/N-ethyl adjacent to an activating group) is 1. The zero-order chi connectivity index (χ0) is 19.9. The molecule has 0 saturated heterocycles. The molecular formula is C18H30ClN3O5S. The maximum atomic E-state index is 12.4. The van der Waals surface area contributed by atoms with E-state index in [2.05, 4.69) is 4.72 Å². The molecule has 3 N–H and O–H groups in total. The van der Waals surface area contributed by atoms with Crippen LogP contribution in [0.25, 0.3) is 0 Å². The molecule has 160 valence electrons. The van der Waals surface area contributed by atoms with Gasteiger partial charge in [-0.3, -0.25) is 4.79 Å². The highest BCUT2D eigenvalue weighted by molar-refractivity contribution is 7.89. The van der Waals surface area contributed by atoms with Gasteiger partial charge in [0, 0.05) is 38.7 Å². The molecule has 28 heavy (non-hydrogen) atoms. The van der Waals surface area contributed by atoms with Crippen molar-refractivity contribution in [2.24, 2.45) is 5.73 Å². The van der Waals surface area contributed by atoms with Crippen LogP contribution in [0.2, 0.25) is 0 Å². The number of hydrogen-bond donors (Lipinski definition) is 2. The lowest BCUT2D eigenvalue weighted by Gasteiger charge is -2.23. The molecule has 1 aromatic carbocycles. The van der Waals surface area contributed by atoms with Gasteiger partial charge in [0.2, 0.25) is 15.9 Å².